The van der Waals surface area contributed by atoms with E-state index in [0.717, 1.165) is 31.7 Å². The molecule has 2 aliphatic heterocycles. The van der Waals surface area contributed by atoms with Crippen molar-refractivity contribution in [3.8, 4) is 0 Å². The fourth-order valence-electron chi connectivity index (χ4n) is 3.93. The van der Waals surface area contributed by atoms with E-state index in [4.69, 9.17) is 0 Å². The second-order valence-corrected chi connectivity index (χ2v) is 6.64. The Labute approximate surface area is 142 Å². The Balaban J connectivity index is 1.61. The van der Waals surface area contributed by atoms with Gasteiger partial charge in [0, 0.05) is 37.7 Å². The van der Waals surface area contributed by atoms with Crippen molar-refractivity contribution < 1.29 is 4.79 Å². The van der Waals surface area contributed by atoms with E-state index in [1.54, 1.807) is 6.20 Å². The van der Waals surface area contributed by atoms with Gasteiger partial charge in [0.2, 0.25) is 0 Å². The van der Waals surface area contributed by atoms with E-state index in [-0.39, 0.29) is 5.91 Å². The predicted octanol–water partition coefficient (Wildman–Crippen LogP) is 2.70. The van der Waals surface area contributed by atoms with E-state index in [0.29, 0.717) is 5.82 Å². The van der Waals surface area contributed by atoms with E-state index in [1.807, 2.05) is 22.6 Å². The lowest BCUT2D eigenvalue weighted by atomic mass is 10.0. The summed E-state index contributed by atoms with van der Waals surface area (Å²) in [6, 6.07) is 6.38. The van der Waals surface area contributed by atoms with Gasteiger partial charge in [0.15, 0.2) is 5.82 Å². The van der Waals surface area contributed by atoms with E-state index in [2.05, 4.69) is 28.1 Å². The van der Waals surface area contributed by atoms with Crippen LogP contribution in [-0.2, 0) is 19.5 Å². The first kappa shape index (κ1) is 15.4. The molecule has 0 bridgehead atoms. The highest BCUT2D eigenvalue weighted by Crippen LogP contribution is 2.32. The van der Waals surface area contributed by atoms with Crippen molar-refractivity contribution in [2.75, 3.05) is 24.5 Å². The van der Waals surface area contributed by atoms with Crippen molar-refractivity contribution in [2.45, 2.75) is 39.3 Å². The molecule has 5 heteroatoms. The third-order valence-corrected chi connectivity index (χ3v) is 5.21. The molecule has 126 valence electrons. The molecule has 0 atom stereocenters. The van der Waals surface area contributed by atoms with Gasteiger partial charge in [-0.1, -0.05) is 12.1 Å². The van der Waals surface area contributed by atoms with Crippen molar-refractivity contribution in [3.05, 3.63) is 47.5 Å². The van der Waals surface area contributed by atoms with Gasteiger partial charge in [-0.2, -0.15) is 0 Å². The predicted molar refractivity (Wildman–Crippen MR) is 94.2 cm³/mol. The average Bonchev–Trinajstić information content (AvgIpc) is 3.34. The number of anilines is 1. The van der Waals surface area contributed by atoms with E-state index in [1.165, 1.54) is 37.1 Å². The maximum Gasteiger partial charge on any atom is 0.294 e. The zero-order chi connectivity index (χ0) is 16.5. The smallest absolute Gasteiger partial charge is 0.294 e. The number of carbonyl (C=O) groups is 1. The Kier molecular flexibility index (Phi) is 4.10. The number of fused-ring (bicyclic) bond motifs is 1. The number of rotatable bonds is 4. The number of carbonyl (C=O) groups excluding carboxylic acids is 1. The Hall–Kier alpha value is -2.14. The zero-order valence-corrected chi connectivity index (χ0v) is 14.2. The summed E-state index contributed by atoms with van der Waals surface area (Å²) in [6.07, 6.45) is 7.13. The van der Waals surface area contributed by atoms with E-state index < -0.39 is 0 Å². The summed E-state index contributed by atoms with van der Waals surface area (Å²) in [4.78, 5) is 21.6. The molecule has 1 aromatic heterocycles. The monoisotopic (exact) mass is 324 g/mol. The van der Waals surface area contributed by atoms with Crippen LogP contribution in [-0.4, -0.2) is 40.0 Å². The first-order valence-corrected chi connectivity index (χ1v) is 8.94. The highest BCUT2D eigenvalue weighted by atomic mass is 16.2. The van der Waals surface area contributed by atoms with Crippen LogP contribution in [0.5, 0.6) is 0 Å². The summed E-state index contributed by atoms with van der Waals surface area (Å²) < 4.78 is 1.91. The van der Waals surface area contributed by atoms with Crippen LogP contribution in [0.2, 0.25) is 0 Å². The lowest BCUT2D eigenvalue weighted by Crippen LogP contribution is -2.31. The minimum Gasteiger partial charge on any atom is -0.327 e. The molecule has 0 unspecified atom stereocenters. The SMILES string of the molecule is CCn1ccnc1C(=O)N1CCc2c(CN3CCCC3)cccc21. The van der Waals surface area contributed by atoms with Gasteiger partial charge in [0.05, 0.1) is 0 Å². The van der Waals surface area contributed by atoms with Gasteiger partial charge < -0.3 is 9.47 Å². The van der Waals surface area contributed by atoms with Gasteiger partial charge in [0.1, 0.15) is 0 Å². The number of hydrogen-bond donors (Lipinski definition) is 0. The van der Waals surface area contributed by atoms with Crippen molar-refractivity contribution >= 4 is 11.6 Å². The maximum atomic E-state index is 12.9. The third-order valence-electron chi connectivity index (χ3n) is 5.21. The Morgan fingerprint density at radius 3 is 2.83 bits per heavy atom. The van der Waals surface area contributed by atoms with Crippen LogP contribution in [0.4, 0.5) is 5.69 Å². The number of benzene rings is 1. The molecule has 24 heavy (non-hydrogen) atoms. The molecular weight excluding hydrogens is 300 g/mol. The van der Waals surface area contributed by atoms with Crippen LogP contribution in [0.3, 0.4) is 0 Å². The topological polar surface area (TPSA) is 41.4 Å². The molecule has 0 saturated carbocycles. The van der Waals surface area contributed by atoms with Crippen molar-refractivity contribution in [3.63, 3.8) is 0 Å². The number of hydrogen-bond acceptors (Lipinski definition) is 3. The van der Waals surface area contributed by atoms with Crippen LogP contribution < -0.4 is 4.90 Å². The molecule has 1 fully saturated rings. The standard InChI is InChI=1S/C19H24N4O/c1-2-22-13-9-20-18(22)19(24)23-12-8-16-15(6-5-7-17(16)23)14-21-10-3-4-11-21/h5-7,9,13H,2-4,8,10-12,14H2,1H3. The summed E-state index contributed by atoms with van der Waals surface area (Å²) in [7, 11) is 0. The molecule has 0 radical (unpaired) electrons. The normalized spacial score (nSPS) is 17.5. The maximum absolute atomic E-state index is 12.9. The van der Waals surface area contributed by atoms with Crippen molar-refractivity contribution in [1.29, 1.82) is 0 Å². The lowest BCUT2D eigenvalue weighted by Gasteiger charge is -2.19. The van der Waals surface area contributed by atoms with Gasteiger partial charge in [-0.25, -0.2) is 4.98 Å². The largest absolute Gasteiger partial charge is 0.327 e. The van der Waals surface area contributed by atoms with Gasteiger partial charge in [0.25, 0.3) is 5.91 Å². The van der Waals surface area contributed by atoms with Gasteiger partial charge in [-0.15, -0.1) is 0 Å². The molecular formula is C19H24N4O. The summed E-state index contributed by atoms with van der Waals surface area (Å²) in [5, 5.41) is 0. The zero-order valence-electron chi connectivity index (χ0n) is 14.2. The van der Waals surface area contributed by atoms with Crippen LogP contribution >= 0.6 is 0 Å². The average molecular weight is 324 g/mol. The third kappa shape index (κ3) is 2.63. The highest BCUT2D eigenvalue weighted by Gasteiger charge is 2.29. The van der Waals surface area contributed by atoms with Crippen LogP contribution in [0.15, 0.2) is 30.6 Å². The number of imidazole rings is 1. The number of amides is 1. The number of aromatic nitrogens is 2. The quantitative estimate of drug-likeness (QED) is 0.868. The van der Waals surface area contributed by atoms with E-state index >= 15 is 0 Å². The Morgan fingerprint density at radius 1 is 1.21 bits per heavy atom. The first-order chi connectivity index (χ1) is 11.8. The second-order valence-electron chi connectivity index (χ2n) is 6.64. The fourth-order valence-corrected chi connectivity index (χ4v) is 3.93. The first-order valence-electron chi connectivity index (χ1n) is 8.94. The van der Waals surface area contributed by atoms with Crippen molar-refractivity contribution in [2.24, 2.45) is 0 Å². The molecule has 0 spiro atoms. The minimum absolute atomic E-state index is 0.0129. The number of aryl methyl sites for hydroxylation is 1. The molecule has 0 N–H and O–H groups in total. The molecule has 4 rings (SSSR count). The van der Waals surface area contributed by atoms with Gasteiger partial charge in [-0.05, 0) is 56.5 Å². The molecule has 1 amide bonds. The number of nitrogens with zero attached hydrogens (tertiary/aromatic N) is 4. The Bertz CT molecular complexity index is 746. The summed E-state index contributed by atoms with van der Waals surface area (Å²) >= 11 is 0. The summed E-state index contributed by atoms with van der Waals surface area (Å²) in [6.45, 7) is 6.94. The van der Waals surface area contributed by atoms with E-state index in [9.17, 15) is 4.79 Å². The molecule has 1 aromatic carbocycles. The Morgan fingerprint density at radius 2 is 2.04 bits per heavy atom. The molecule has 2 aromatic rings. The van der Waals surface area contributed by atoms with Gasteiger partial charge >= 0.3 is 0 Å². The molecule has 3 heterocycles. The molecule has 1 saturated heterocycles. The second kappa shape index (κ2) is 6.40. The van der Waals surface area contributed by atoms with Crippen LogP contribution in [0.25, 0.3) is 0 Å². The number of likely N-dealkylation sites (tertiary alicyclic amines) is 1. The van der Waals surface area contributed by atoms with Crippen LogP contribution in [0.1, 0.15) is 41.5 Å². The highest BCUT2D eigenvalue weighted by molar-refractivity contribution is 6.05. The molecule has 5 nitrogen and oxygen atoms in total. The lowest BCUT2D eigenvalue weighted by molar-refractivity contribution is 0.0975. The summed E-state index contributed by atoms with van der Waals surface area (Å²) in [5.74, 6) is 0.550. The van der Waals surface area contributed by atoms with Gasteiger partial charge in [-0.3, -0.25) is 9.69 Å². The molecule has 2 aliphatic rings. The minimum atomic E-state index is 0.0129. The van der Waals surface area contributed by atoms with Crippen molar-refractivity contribution in [1.82, 2.24) is 14.5 Å². The fraction of sp³-hybridized carbons (Fsp3) is 0.474. The summed E-state index contributed by atoms with van der Waals surface area (Å²) in [5.41, 5.74) is 3.79. The molecule has 0 aliphatic carbocycles. The van der Waals surface area contributed by atoms with Crippen LogP contribution in [0, 0.1) is 0 Å².